The van der Waals surface area contributed by atoms with E-state index in [-0.39, 0.29) is 19.1 Å². The Balaban J connectivity index is 1.16. The summed E-state index contributed by atoms with van der Waals surface area (Å²) >= 11 is 0. The molecule has 0 saturated heterocycles. The van der Waals surface area contributed by atoms with Crippen molar-refractivity contribution in [2.75, 3.05) is 19.8 Å². The molecule has 3 aromatic carbocycles. The van der Waals surface area contributed by atoms with Crippen molar-refractivity contribution in [3.05, 3.63) is 90.0 Å². The number of nitrogens with one attached hydrogen (secondary N) is 2. The van der Waals surface area contributed by atoms with Crippen molar-refractivity contribution in [3.8, 4) is 17.2 Å². The summed E-state index contributed by atoms with van der Waals surface area (Å²) in [6.07, 6.45) is 1.50. The van der Waals surface area contributed by atoms with Crippen LogP contribution >= 0.6 is 0 Å². The van der Waals surface area contributed by atoms with Gasteiger partial charge >= 0.3 is 0 Å². The van der Waals surface area contributed by atoms with Crippen LogP contribution in [-0.4, -0.2) is 43.9 Å². The predicted octanol–water partition coefficient (Wildman–Crippen LogP) is 2.71. The summed E-state index contributed by atoms with van der Waals surface area (Å²) < 4.78 is 16.7. The van der Waals surface area contributed by atoms with Crippen LogP contribution in [0.5, 0.6) is 17.2 Å². The van der Waals surface area contributed by atoms with Crippen LogP contribution in [0.3, 0.4) is 0 Å². The number of hydrazone groups is 1. The molecule has 8 heteroatoms. The maximum Gasteiger partial charge on any atom is 0.284 e. The van der Waals surface area contributed by atoms with E-state index in [9.17, 15) is 9.59 Å². The van der Waals surface area contributed by atoms with Crippen molar-refractivity contribution < 1.29 is 23.8 Å². The molecule has 0 spiro atoms. The van der Waals surface area contributed by atoms with E-state index in [4.69, 9.17) is 14.2 Å². The number of rotatable bonds is 9. The first kappa shape index (κ1) is 22.8. The lowest BCUT2D eigenvalue weighted by atomic mass is 10.1. The third kappa shape index (κ3) is 6.59. The van der Waals surface area contributed by atoms with Gasteiger partial charge in [-0.2, -0.15) is 5.10 Å². The van der Waals surface area contributed by atoms with E-state index < -0.39 is 12.0 Å². The molecule has 0 aliphatic carbocycles. The lowest BCUT2D eigenvalue weighted by Gasteiger charge is -2.24. The van der Waals surface area contributed by atoms with Gasteiger partial charge in [0.1, 0.15) is 12.4 Å². The third-order valence-corrected chi connectivity index (χ3v) is 5.02. The lowest BCUT2D eigenvalue weighted by molar-refractivity contribution is -0.130. The van der Waals surface area contributed by atoms with Crippen LogP contribution in [0, 0.1) is 0 Å². The number of carbonyl (C=O) groups excluding carboxylic acids is 2. The standard InChI is InChI=1S/C26H25N3O5/c30-25(27-15-14-19-6-2-1-3-7-19)18-32-21-12-10-20(11-13-21)16-28-29-26(31)24-17-33-22-8-4-5-9-23(22)34-24/h1-13,16,24H,14-15,17-18H2,(H,27,30)(H,29,31)/b28-16-/t24-/m0/s1. The van der Waals surface area contributed by atoms with Gasteiger partial charge in [-0.15, -0.1) is 0 Å². The van der Waals surface area contributed by atoms with E-state index in [1.165, 1.54) is 11.8 Å². The topological polar surface area (TPSA) is 98.2 Å². The molecule has 0 saturated carbocycles. The number of hydrogen-bond acceptors (Lipinski definition) is 6. The number of nitrogens with zero attached hydrogens (tertiary/aromatic N) is 1. The van der Waals surface area contributed by atoms with Gasteiger partial charge in [-0.1, -0.05) is 42.5 Å². The van der Waals surface area contributed by atoms with Crippen LogP contribution in [0.2, 0.25) is 0 Å². The van der Waals surface area contributed by atoms with Crippen molar-refractivity contribution in [1.29, 1.82) is 0 Å². The van der Waals surface area contributed by atoms with Crippen LogP contribution in [0.4, 0.5) is 0 Å². The van der Waals surface area contributed by atoms with Crippen LogP contribution in [0.1, 0.15) is 11.1 Å². The molecular formula is C26H25N3O5. The van der Waals surface area contributed by atoms with E-state index in [1.54, 1.807) is 36.4 Å². The van der Waals surface area contributed by atoms with E-state index in [2.05, 4.69) is 15.8 Å². The van der Waals surface area contributed by atoms with Crippen LogP contribution in [0.15, 0.2) is 84.0 Å². The van der Waals surface area contributed by atoms with Gasteiger partial charge in [0.25, 0.3) is 11.8 Å². The predicted molar refractivity (Wildman–Crippen MR) is 127 cm³/mol. The van der Waals surface area contributed by atoms with E-state index in [0.29, 0.717) is 23.8 Å². The number of para-hydroxylation sites is 2. The normalized spacial score (nSPS) is 14.4. The second kappa shape index (κ2) is 11.5. The Morgan fingerprint density at radius 1 is 0.971 bits per heavy atom. The van der Waals surface area contributed by atoms with Crippen molar-refractivity contribution in [2.45, 2.75) is 12.5 Å². The maximum atomic E-state index is 12.3. The summed E-state index contributed by atoms with van der Waals surface area (Å²) in [5, 5.41) is 6.81. The fraction of sp³-hybridized carbons (Fsp3) is 0.192. The van der Waals surface area contributed by atoms with E-state index in [0.717, 1.165) is 12.0 Å². The molecular weight excluding hydrogens is 434 g/mol. The Morgan fingerprint density at radius 2 is 1.71 bits per heavy atom. The Hall–Kier alpha value is -4.33. The molecule has 4 rings (SSSR count). The first-order valence-corrected chi connectivity index (χ1v) is 10.9. The molecule has 2 N–H and O–H groups in total. The summed E-state index contributed by atoms with van der Waals surface area (Å²) in [4.78, 5) is 24.2. The van der Waals surface area contributed by atoms with E-state index >= 15 is 0 Å². The minimum atomic E-state index is -0.776. The Morgan fingerprint density at radius 3 is 2.50 bits per heavy atom. The average Bonchev–Trinajstić information content (AvgIpc) is 2.88. The highest BCUT2D eigenvalue weighted by molar-refractivity contribution is 5.85. The second-order valence-electron chi connectivity index (χ2n) is 7.54. The van der Waals surface area contributed by atoms with Gasteiger partial charge in [0, 0.05) is 6.54 Å². The quantitative estimate of drug-likeness (QED) is 0.379. The maximum absolute atomic E-state index is 12.3. The highest BCUT2D eigenvalue weighted by atomic mass is 16.6. The molecule has 8 nitrogen and oxygen atoms in total. The van der Waals surface area contributed by atoms with Crippen LogP contribution < -0.4 is 25.0 Å². The molecule has 174 valence electrons. The molecule has 0 unspecified atom stereocenters. The Kier molecular flexibility index (Phi) is 7.74. The number of ether oxygens (including phenoxy) is 3. The molecule has 0 aromatic heterocycles. The highest BCUT2D eigenvalue weighted by Gasteiger charge is 2.26. The third-order valence-electron chi connectivity index (χ3n) is 5.02. The second-order valence-corrected chi connectivity index (χ2v) is 7.54. The molecule has 0 bridgehead atoms. The SMILES string of the molecule is O=C(COc1ccc(/C=N\NC(=O)[C@@H]2COc3ccccc3O2)cc1)NCCc1ccccc1. The number of amides is 2. The van der Waals surface area contributed by atoms with Gasteiger partial charge in [-0.3, -0.25) is 9.59 Å². The van der Waals surface area contributed by atoms with Gasteiger partial charge in [0.05, 0.1) is 6.21 Å². The van der Waals surface area contributed by atoms with Gasteiger partial charge in [-0.05, 0) is 53.9 Å². The zero-order chi connectivity index (χ0) is 23.6. The highest BCUT2D eigenvalue weighted by Crippen LogP contribution is 2.30. The largest absolute Gasteiger partial charge is 0.485 e. The molecule has 0 fully saturated rings. The van der Waals surface area contributed by atoms with Crippen LogP contribution in [-0.2, 0) is 16.0 Å². The van der Waals surface area contributed by atoms with Crippen molar-refractivity contribution in [2.24, 2.45) is 5.10 Å². The average molecular weight is 460 g/mol. The van der Waals surface area contributed by atoms with Gasteiger partial charge in [-0.25, -0.2) is 5.43 Å². The molecule has 1 aliphatic rings. The molecule has 3 aromatic rings. The van der Waals surface area contributed by atoms with Gasteiger partial charge in [0.15, 0.2) is 18.1 Å². The fourth-order valence-corrected chi connectivity index (χ4v) is 3.23. The summed E-state index contributed by atoms with van der Waals surface area (Å²) in [6.45, 7) is 0.604. The molecule has 1 aliphatic heterocycles. The number of benzene rings is 3. The zero-order valence-corrected chi connectivity index (χ0v) is 18.5. The number of fused-ring (bicyclic) bond motifs is 1. The minimum absolute atomic E-state index is 0.0646. The number of carbonyl (C=O) groups is 2. The number of hydrogen-bond donors (Lipinski definition) is 2. The molecule has 0 radical (unpaired) electrons. The summed E-state index contributed by atoms with van der Waals surface area (Å²) in [5.41, 5.74) is 4.38. The fourth-order valence-electron chi connectivity index (χ4n) is 3.23. The summed E-state index contributed by atoms with van der Waals surface area (Å²) in [6, 6.07) is 24.1. The molecule has 34 heavy (non-hydrogen) atoms. The first-order chi connectivity index (χ1) is 16.7. The Bertz CT molecular complexity index is 1130. The summed E-state index contributed by atoms with van der Waals surface area (Å²) in [5.74, 6) is 1.12. The van der Waals surface area contributed by atoms with Crippen LogP contribution in [0.25, 0.3) is 0 Å². The first-order valence-electron chi connectivity index (χ1n) is 10.9. The molecule has 1 heterocycles. The summed E-state index contributed by atoms with van der Waals surface area (Å²) in [7, 11) is 0. The zero-order valence-electron chi connectivity index (χ0n) is 18.5. The smallest absolute Gasteiger partial charge is 0.284 e. The van der Waals surface area contributed by atoms with Gasteiger partial charge in [0.2, 0.25) is 6.10 Å². The monoisotopic (exact) mass is 459 g/mol. The van der Waals surface area contributed by atoms with Gasteiger partial charge < -0.3 is 19.5 Å². The van der Waals surface area contributed by atoms with E-state index in [1.807, 2.05) is 42.5 Å². The molecule has 2 amide bonds. The van der Waals surface area contributed by atoms with Crippen molar-refractivity contribution in [1.82, 2.24) is 10.7 Å². The van der Waals surface area contributed by atoms with Crippen molar-refractivity contribution in [3.63, 3.8) is 0 Å². The lowest BCUT2D eigenvalue weighted by Crippen LogP contribution is -2.42. The Labute approximate surface area is 197 Å². The minimum Gasteiger partial charge on any atom is -0.485 e. The molecule has 1 atom stereocenters. The van der Waals surface area contributed by atoms with Crippen molar-refractivity contribution >= 4 is 18.0 Å².